The zero-order chi connectivity index (χ0) is 16.7. The first-order valence-corrected chi connectivity index (χ1v) is 7.04. The summed E-state index contributed by atoms with van der Waals surface area (Å²) in [4.78, 5) is 4.13. The van der Waals surface area contributed by atoms with Gasteiger partial charge in [0.1, 0.15) is 0 Å². The average molecular weight is 333 g/mol. The Morgan fingerprint density at radius 3 is 2.33 bits per heavy atom. The van der Waals surface area contributed by atoms with Gasteiger partial charge in [-0.3, -0.25) is 0 Å². The van der Waals surface area contributed by atoms with Crippen molar-refractivity contribution in [3.8, 4) is 34.3 Å². The van der Waals surface area contributed by atoms with E-state index >= 15 is 0 Å². The van der Waals surface area contributed by atoms with E-state index in [1.54, 1.807) is 18.2 Å². The van der Waals surface area contributed by atoms with Gasteiger partial charge in [-0.2, -0.15) is 13.2 Å². The number of hydrogen-bond acceptors (Lipinski definition) is 4. The van der Waals surface area contributed by atoms with Crippen LogP contribution in [0.2, 0.25) is 0 Å². The molecule has 1 aliphatic rings. The van der Waals surface area contributed by atoms with Crippen LogP contribution in [0.5, 0.6) is 11.5 Å². The first-order valence-electron chi connectivity index (χ1n) is 7.04. The molecule has 0 radical (unpaired) electrons. The van der Waals surface area contributed by atoms with Crippen LogP contribution in [0, 0.1) is 0 Å². The SMILES string of the molecule is FC(F)(F)c1ccc(-c2ncc(-c3ccc4c(c3)OCO4)o2)cc1. The van der Waals surface area contributed by atoms with E-state index in [0.717, 1.165) is 17.7 Å². The number of ether oxygens (including phenoxy) is 2. The van der Waals surface area contributed by atoms with Crippen molar-refractivity contribution in [1.29, 1.82) is 0 Å². The molecule has 2 aromatic carbocycles. The lowest BCUT2D eigenvalue weighted by Gasteiger charge is -2.06. The smallest absolute Gasteiger partial charge is 0.416 e. The topological polar surface area (TPSA) is 44.5 Å². The molecule has 0 unspecified atom stereocenters. The molecule has 0 atom stereocenters. The fraction of sp³-hybridized carbons (Fsp3) is 0.118. The number of benzene rings is 2. The van der Waals surface area contributed by atoms with E-state index in [1.165, 1.54) is 18.3 Å². The molecule has 2 heterocycles. The van der Waals surface area contributed by atoms with Gasteiger partial charge in [-0.1, -0.05) is 0 Å². The lowest BCUT2D eigenvalue weighted by atomic mass is 10.1. The third-order valence-corrected chi connectivity index (χ3v) is 3.62. The summed E-state index contributed by atoms with van der Waals surface area (Å²) in [5, 5.41) is 0. The van der Waals surface area contributed by atoms with Gasteiger partial charge in [0.15, 0.2) is 17.3 Å². The lowest BCUT2D eigenvalue weighted by Crippen LogP contribution is -2.03. The minimum atomic E-state index is -4.37. The number of alkyl halides is 3. The monoisotopic (exact) mass is 333 g/mol. The molecule has 0 saturated carbocycles. The normalized spacial score (nSPS) is 13.3. The molecule has 0 fully saturated rings. The summed E-state index contributed by atoms with van der Waals surface area (Å²) in [5.41, 5.74) is 0.494. The van der Waals surface area contributed by atoms with Crippen molar-refractivity contribution >= 4 is 0 Å². The zero-order valence-electron chi connectivity index (χ0n) is 12.1. The lowest BCUT2D eigenvalue weighted by molar-refractivity contribution is -0.137. The molecule has 0 N–H and O–H groups in total. The Bertz CT molecular complexity index is 885. The van der Waals surface area contributed by atoms with Crippen molar-refractivity contribution in [2.45, 2.75) is 6.18 Å². The second-order valence-electron chi connectivity index (χ2n) is 5.17. The van der Waals surface area contributed by atoms with Crippen molar-refractivity contribution in [3.05, 3.63) is 54.2 Å². The average Bonchev–Trinajstić information content (AvgIpc) is 3.22. The van der Waals surface area contributed by atoms with Gasteiger partial charge in [0.05, 0.1) is 11.8 Å². The molecule has 0 spiro atoms. The number of aromatic nitrogens is 1. The molecule has 7 heteroatoms. The molecular formula is C17H10F3NO3. The maximum absolute atomic E-state index is 12.6. The first kappa shape index (κ1) is 14.6. The molecule has 1 aliphatic heterocycles. The van der Waals surface area contributed by atoms with Gasteiger partial charge in [0, 0.05) is 11.1 Å². The van der Waals surface area contributed by atoms with Crippen LogP contribution in [-0.4, -0.2) is 11.8 Å². The summed E-state index contributed by atoms with van der Waals surface area (Å²) in [5.74, 6) is 2.00. The van der Waals surface area contributed by atoms with Crippen LogP contribution < -0.4 is 9.47 Å². The summed E-state index contributed by atoms with van der Waals surface area (Å²) in [7, 11) is 0. The maximum Gasteiger partial charge on any atom is 0.416 e. The molecule has 0 bridgehead atoms. The molecule has 3 aromatic rings. The predicted molar refractivity (Wildman–Crippen MR) is 78.5 cm³/mol. The molecular weight excluding hydrogens is 323 g/mol. The molecule has 0 saturated heterocycles. The Morgan fingerprint density at radius 2 is 1.58 bits per heavy atom. The van der Waals surface area contributed by atoms with Crippen LogP contribution in [0.25, 0.3) is 22.8 Å². The van der Waals surface area contributed by atoms with E-state index < -0.39 is 11.7 Å². The molecule has 122 valence electrons. The largest absolute Gasteiger partial charge is 0.454 e. The summed E-state index contributed by atoms with van der Waals surface area (Å²) in [6.07, 6.45) is -2.85. The van der Waals surface area contributed by atoms with Gasteiger partial charge < -0.3 is 13.9 Å². The van der Waals surface area contributed by atoms with E-state index in [0.29, 0.717) is 22.8 Å². The van der Waals surface area contributed by atoms with Gasteiger partial charge in [0.2, 0.25) is 12.7 Å². The van der Waals surface area contributed by atoms with Gasteiger partial charge >= 0.3 is 6.18 Å². The molecule has 0 amide bonds. The zero-order valence-corrected chi connectivity index (χ0v) is 12.1. The molecule has 4 nitrogen and oxygen atoms in total. The second-order valence-corrected chi connectivity index (χ2v) is 5.17. The number of hydrogen-bond donors (Lipinski definition) is 0. The van der Waals surface area contributed by atoms with Crippen LogP contribution in [0.15, 0.2) is 53.1 Å². The number of halogens is 3. The van der Waals surface area contributed by atoms with E-state index in [4.69, 9.17) is 13.9 Å². The highest BCUT2D eigenvalue weighted by molar-refractivity contribution is 5.65. The summed E-state index contributed by atoms with van der Waals surface area (Å²) >= 11 is 0. The fourth-order valence-electron chi connectivity index (χ4n) is 2.39. The van der Waals surface area contributed by atoms with Crippen LogP contribution >= 0.6 is 0 Å². The van der Waals surface area contributed by atoms with Gasteiger partial charge in [0.25, 0.3) is 0 Å². The standard InChI is InChI=1S/C17H10F3NO3/c18-17(19,20)12-4-1-10(2-5-12)16-21-8-15(24-16)11-3-6-13-14(7-11)23-9-22-13/h1-8H,9H2. The van der Waals surface area contributed by atoms with E-state index in [-0.39, 0.29) is 12.7 Å². The second kappa shape index (κ2) is 5.30. The van der Waals surface area contributed by atoms with Crippen molar-refractivity contribution < 1.29 is 27.1 Å². The number of oxazole rings is 1. The van der Waals surface area contributed by atoms with Crippen LogP contribution in [-0.2, 0) is 6.18 Å². The first-order chi connectivity index (χ1) is 11.5. The Kier molecular flexibility index (Phi) is 3.23. The van der Waals surface area contributed by atoms with Crippen molar-refractivity contribution in [2.75, 3.05) is 6.79 Å². The van der Waals surface area contributed by atoms with Crippen molar-refractivity contribution in [1.82, 2.24) is 4.98 Å². The Labute approximate surface area is 134 Å². The Hall–Kier alpha value is -2.96. The van der Waals surface area contributed by atoms with E-state index in [2.05, 4.69) is 4.98 Å². The third-order valence-electron chi connectivity index (χ3n) is 3.62. The molecule has 0 aliphatic carbocycles. The number of fused-ring (bicyclic) bond motifs is 1. The molecule has 24 heavy (non-hydrogen) atoms. The maximum atomic E-state index is 12.6. The van der Waals surface area contributed by atoms with E-state index in [1.807, 2.05) is 0 Å². The van der Waals surface area contributed by atoms with E-state index in [9.17, 15) is 13.2 Å². The minimum Gasteiger partial charge on any atom is -0.454 e. The van der Waals surface area contributed by atoms with Gasteiger partial charge in [-0.15, -0.1) is 0 Å². The van der Waals surface area contributed by atoms with Crippen molar-refractivity contribution in [2.24, 2.45) is 0 Å². The quantitative estimate of drug-likeness (QED) is 0.678. The van der Waals surface area contributed by atoms with Crippen LogP contribution in [0.3, 0.4) is 0 Å². The summed E-state index contributed by atoms with van der Waals surface area (Å²) in [6.45, 7) is 0.173. The van der Waals surface area contributed by atoms with Gasteiger partial charge in [-0.05, 0) is 42.5 Å². The minimum absolute atomic E-state index is 0.173. The highest BCUT2D eigenvalue weighted by Crippen LogP contribution is 2.37. The Balaban J connectivity index is 1.63. The Morgan fingerprint density at radius 1 is 0.875 bits per heavy atom. The van der Waals surface area contributed by atoms with Crippen LogP contribution in [0.1, 0.15) is 5.56 Å². The molecule has 1 aromatic heterocycles. The fourth-order valence-corrected chi connectivity index (χ4v) is 2.39. The van der Waals surface area contributed by atoms with Crippen molar-refractivity contribution in [3.63, 3.8) is 0 Å². The predicted octanol–water partition coefficient (Wildman–Crippen LogP) is 4.76. The molecule has 4 rings (SSSR count). The van der Waals surface area contributed by atoms with Crippen LogP contribution in [0.4, 0.5) is 13.2 Å². The number of rotatable bonds is 2. The third kappa shape index (κ3) is 2.58. The number of nitrogens with zero attached hydrogens (tertiary/aromatic N) is 1. The highest BCUT2D eigenvalue weighted by Gasteiger charge is 2.30. The van der Waals surface area contributed by atoms with Gasteiger partial charge in [-0.25, -0.2) is 4.98 Å². The summed E-state index contributed by atoms with van der Waals surface area (Å²) < 4.78 is 54.0. The summed E-state index contributed by atoms with van der Waals surface area (Å²) in [6, 6.07) is 9.98. The highest BCUT2D eigenvalue weighted by atomic mass is 19.4.